The molecule has 6 nitrogen and oxygen atoms in total. The van der Waals surface area contributed by atoms with Gasteiger partial charge in [0.25, 0.3) is 0 Å². The Hall–Kier alpha value is -3.32. The molecule has 3 N–H and O–H groups in total. The van der Waals surface area contributed by atoms with E-state index in [9.17, 15) is 4.79 Å². The first-order valence-corrected chi connectivity index (χ1v) is 11.2. The van der Waals surface area contributed by atoms with Gasteiger partial charge in [0.05, 0.1) is 0 Å². The predicted molar refractivity (Wildman–Crippen MR) is 123 cm³/mol. The molecule has 1 saturated carbocycles. The number of hydrogen-bond acceptors (Lipinski definition) is 5. The van der Waals surface area contributed by atoms with Crippen molar-refractivity contribution < 1.29 is 4.79 Å². The fourth-order valence-corrected chi connectivity index (χ4v) is 4.62. The highest BCUT2D eigenvalue weighted by Gasteiger charge is 2.30. The number of thioether (sulfide) groups is 1. The van der Waals surface area contributed by atoms with Gasteiger partial charge in [-0.05, 0) is 34.7 Å². The first kappa shape index (κ1) is 19.6. The van der Waals surface area contributed by atoms with Crippen LogP contribution >= 0.6 is 11.8 Å². The van der Waals surface area contributed by atoms with Crippen LogP contribution in [0.3, 0.4) is 0 Å². The molecule has 4 aromatic rings. The fourth-order valence-electron chi connectivity index (χ4n) is 3.64. The Morgan fingerprint density at radius 3 is 2.58 bits per heavy atom. The van der Waals surface area contributed by atoms with Crippen LogP contribution in [-0.4, -0.2) is 26.8 Å². The van der Waals surface area contributed by atoms with Gasteiger partial charge in [0.1, 0.15) is 5.25 Å². The average Bonchev–Trinajstić information content (AvgIpc) is 3.56. The zero-order valence-corrected chi connectivity index (χ0v) is 17.8. The molecule has 7 heteroatoms. The van der Waals surface area contributed by atoms with E-state index in [4.69, 9.17) is 5.84 Å². The first-order chi connectivity index (χ1) is 15.2. The molecule has 0 unspecified atom stereocenters. The van der Waals surface area contributed by atoms with Gasteiger partial charge in [-0.2, -0.15) is 0 Å². The number of aromatic nitrogens is 3. The molecule has 3 aromatic carbocycles. The zero-order chi connectivity index (χ0) is 21.2. The van der Waals surface area contributed by atoms with Gasteiger partial charge in [-0.15, -0.1) is 10.2 Å². The van der Waals surface area contributed by atoms with Crippen LogP contribution in [0.1, 0.15) is 35.0 Å². The summed E-state index contributed by atoms with van der Waals surface area (Å²) in [6.07, 6.45) is 2.65. The van der Waals surface area contributed by atoms with Crippen molar-refractivity contribution in [3.8, 4) is 0 Å². The summed E-state index contributed by atoms with van der Waals surface area (Å²) in [7, 11) is 0. The van der Waals surface area contributed by atoms with Gasteiger partial charge in [0.15, 0.2) is 5.82 Å². The lowest BCUT2D eigenvalue weighted by atomic mass is 10.0. The minimum absolute atomic E-state index is 0.0164. The number of nitrogen functional groups attached to an aromatic ring is 1. The van der Waals surface area contributed by atoms with Crippen molar-refractivity contribution in [1.29, 1.82) is 0 Å². The number of rotatable bonds is 7. The van der Waals surface area contributed by atoms with E-state index in [1.807, 2.05) is 48.5 Å². The number of amides is 1. The van der Waals surface area contributed by atoms with Crippen molar-refractivity contribution in [2.75, 3.05) is 5.84 Å². The van der Waals surface area contributed by atoms with E-state index in [2.05, 4.69) is 39.8 Å². The van der Waals surface area contributed by atoms with Gasteiger partial charge < -0.3 is 11.2 Å². The minimum Gasteiger partial charge on any atom is -0.352 e. The van der Waals surface area contributed by atoms with Crippen molar-refractivity contribution >= 4 is 28.4 Å². The minimum atomic E-state index is -0.432. The average molecular weight is 430 g/mol. The number of nitrogens with zero attached hydrogens (tertiary/aromatic N) is 3. The van der Waals surface area contributed by atoms with Crippen molar-refractivity contribution in [1.82, 2.24) is 20.2 Å². The van der Waals surface area contributed by atoms with Crippen molar-refractivity contribution in [3.63, 3.8) is 0 Å². The summed E-state index contributed by atoms with van der Waals surface area (Å²) < 4.78 is 1.51. The third-order valence-electron chi connectivity index (χ3n) is 5.45. The highest BCUT2D eigenvalue weighted by atomic mass is 32.2. The lowest BCUT2D eigenvalue weighted by molar-refractivity contribution is -0.120. The number of nitrogens with one attached hydrogen (secondary N) is 1. The monoisotopic (exact) mass is 429 g/mol. The van der Waals surface area contributed by atoms with E-state index >= 15 is 0 Å². The molecular formula is C24H23N5OS. The van der Waals surface area contributed by atoms with E-state index in [0.717, 1.165) is 24.0 Å². The van der Waals surface area contributed by atoms with E-state index < -0.39 is 5.25 Å². The molecule has 1 heterocycles. The van der Waals surface area contributed by atoms with E-state index in [1.165, 1.54) is 27.2 Å². The molecule has 5 rings (SSSR count). The maximum atomic E-state index is 12.9. The summed E-state index contributed by atoms with van der Waals surface area (Å²) in [5.74, 6) is 7.02. The summed E-state index contributed by atoms with van der Waals surface area (Å²) in [6.45, 7) is 0. The van der Waals surface area contributed by atoms with E-state index in [0.29, 0.717) is 17.4 Å². The molecule has 1 atom stereocenters. The zero-order valence-electron chi connectivity index (χ0n) is 16.9. The second-order valence-corrected chi connectivity index (χ2v) is 8.85. The number of nitrogens with two attached hydrogens (primary N) is 1. The predicted octanol–water partition coefficient (Wildman–Crippen LogP) is 3.85. The molecule has 0 spiro atoms. The largest absolute Gasteiger partial charge is 0.352 e. The molecule has 156 valence electrons. The normalized spacial score (nSPS) is 14.5. The van der Waals surface area contributed by atoms with Crippen LogP contribution in [0.4, 0.5) is 0 Å². The van der Waals surface area contributed by atoms with E-state index in [1.54, 1.807) is 0 Å². The third-order valence-corrected chi connectivity index (χ3v) is 6.66. The Bertz CT molecular complexity index is 1210. The molecule has 0 aliphatic heterocycles. The second kappa shape index (κ2) is 8.43. The number of fused-ring (bicyclic) bond motifs is 1. The Kier molecular flexibility index (Phi) is 5.34. The lowest BCUT2D eigenvalue weighted by Crippen LogP contribution is -2.30. The SMILES string of the molecule is Nn1c(Cc2cccc3ccccc23)nnc1S[C@H](C(=O)NC1CC1)c1ccccc1. The summed E-state index contributed by atoms with van der Waals surface area (Å²) >= 11 is 1.33. The standard InChI is InChI=1S/C24H23N5OS/c25-29-21(15-18-11-6-10-16-7-4-5-12-20(16)18)27-28-24(29)31-22(17-8-2-1-3-9-17)23(30)26-19-13-14-19/h1-12,19,22H,13-15,25H2,(H,26,30)/t22-/m0/s1. The van der Waals surface area contributed by atoms with Crippen molar-refractivity contribution in [3.05, 3.63) is 89.7 Å². The number of carbonyl (C=O) groups is 1. The first-order valence-electron chi connectivity index (χ1n) is 10.4. The van der Waals surface area contributed by atoms with Crippen LogP contribution in [0.15, 0.2) is 78.0 Å². The fraction of sp³-hybridized carbons (Fsp3) is 0.208. The summed E-state index contributed by atoms with van der Waals surface area (Å²) in [5.41, 5.74) is 2.06. The molecule has 1 aromatic heterocycles. The maximum Gasteiger partial charge on any atom is 0.238 e. The second-order valence-electron chi connectivity index (χ2n) is 7.78. The summed E-state index contributed by atoms with van der Waals surface area (Å²) in [5, 5.41) is 14.2. The Morgan fingerprint density at radius 1 is 1.03 bits per heavy atom. The van der Waals surface area contributed by atoms with Gasteiger partial charge in [-0.3, -0.25) is 4.79 Å². The Labute approximate surface area is 184 Å². The highest BCUT2D eigenvalue weighted by molar-refractivity contribution is 8.00. The highest BCUT2D eigenvalue weighted by Crippen LogP contribution is 2.35. The molecule has 1 aliphatic carbocycles. The molecule has 0 radical (unpaired) electrons. The van der Waals surface area contributed by atoms with Gasteiger partial charge in [-0.25, -0.2) is 4.68 Å². The molecular weight excluding hydrogens is 406 g/mol. The van der Waals surface area contributed by atoms with Crippen LogP contribution in [0.5, 0.6) is 0 Å². The van der Waals surface area contributed by atoms with Crippen LogP contribution in [-0.2, 0) is 11.2 Å². The van der Waals surface area contributed by atoms with E-state index in [-0.39, 0.29) is 11.9 Å². The lowest BCUT2D eigenvalue weighted by Gasteiger charge is -2.16. The maximum absolute atomic E-state index is 12.9. The van der Waals surface area contributed by atoms with Gasteiger partial charge in [0.2, 0.25) is 11.1 Å². The molecule has 0 bridgehead atoms. The topological polar surface area (TPSA) is 85.8 Å². The van der Waals surface area contributed by atoms with Gasteiger partial charge in [-0.1, -0.05) is 84.6 Å². The van der Waals surface area contributed by atoms with Crippen molar-refractivity contribution in [2.45, 2.75) is 35.7 Å². The number of hydrogen-bond donors (Lipinski definition) is 2. The van der Waals surface area contributed by atoms with Crippen LogP contribution in [0.2, 0.25) is 0 Å². The van der Waals surface area contributed by atoms with Crippen LogP contribution < -0.4 is 11.2 Å². The number of carbonyl (C=O) groups excluding carboxylic acids is 1. The van der Waals surface area contributed by atoms with Crippen molar-refractivity contribution in [2.24, 2.45) is 0 Å². The Balaban J connectivity index is 1.41. The van der Waals surface area contributed by atoms with Gasteiger partial charge in [0, 0.05) is 12.5 Å². The Morgan fingerprint density at radius 2 is 1.77 bits per heavy atom. The summed E-state index contributed by atoms with van der Waals surface area (Å²) in [6, 6.07) is 24.5. The van der Waals surface area contributed by atoms with Crippen LogP contribution in [0.25, 0.3) is 10.8 Å². The quantitative estimate of drug-likeness (QED) is 0.344. The summed E-state index contributed by atoms with van der Waals surface area (Å²) in [4.78, 5) is 12.9. The molecule has 1 amide bonds. The molecule has 1 fully saturated rings. The van der Waals surface area contributed by atoms with Crippen LogP contribution in [0, 0.1) is 0 Å². The van der Waals surface area contributed by atoms with Gasteiger partial charge >= 0.3 is 0 Å². The smallest absolute Gasteiger partial charge is 0.238 e. The third kappa shape index (κ3) is 4.27. The number of benzene rings is 3. The molecule has 31 heavy (non-hydrogen) atoms. The molecule has 1 aliphatic rings. The molecule has 0 saturated heterocycles.